The summed E-state index contributed by atoms with van der Waals surface area (Å²) in [5.41, 5.74) is 3.70. The average Bonchev–Trinajstić information content (AvgIpc) is 2.63. The Kier molecular flexibility index (Phi) is 5.78. The zero-order valence-corrected chi connectivity index (χ0v) is 15.3. The summed E-state index contributed by atoms with van der Waals surface area (Å²) < 4.78 is 5.28. The van der Waals surface area contributed by atoms with Crippen molar-refractivity contribution in [1.29, 1.82) is 0 Å². The van der Waals surface area contributed by atoms with Gasteiger partial charge in [-0.05, 0) is 73.9 Å². The second kappa shape index (κ2) is 8.23. The lowest BCUT2D eigenvalue weighted by Crippen LogP contribution is -2.20. The Morgan fingerprint density at radius 1 is 1.04 bits per heavy atom. The van der Waals surface area contributed by atoms with Crippen molar-refractivity contribution in [2.24, 2.45) is 0 Å². The molecule has 0 heterocycles. The number of benzene rings is 2. The van der Waals surface area contributed by atoms with Gasteiger partial charge in [0.1, 0.15) is 5.75 Å². The van der Waals surface area contributed by atoms with Crippen LogP contribution in [0.1, 0.15) is 42.7 Å². The van der Waals surface area contributed by atoms with Crippen molar-refractivity contribution in [1.82, 2.24) is 0 Å². The van der Waals surface area contributed by atoms with Crippen molar-refractivity contribution in [3.05, 3.63) is 53.6 Å². The molecule has 1 aliphatic rings. The molecule has 26 heavy (non-hydrogen) atoms. The van der Waals surface area contributed by atoms with Gasteiger partial charge < -0.3 is 20.5 Å². The van der Waals surface area contributed by atoms with E-state index < -0.39 is 0 Å². The Morgan fingerprint density at radius 3 is 2.38 bits per heavy atom. The molecule has 1 saturated carbocycles. The third kappa shape index (κ3) is 4.55. The lowest BCUT2D eigenvalue weighted by atomic mass is 9.83. The molecule has 0 saturated heterocycles. The predicted molar refractivity (Wildman–Crippen MR) is 104 cm³/mol. The molecule has 0 aromatic heterocycles. The lowest BCUT2D eigenvalue weighted by molar-refractivity contribution is 0.122. The molecule has 0 bridgehead atoms. The summed E-state index contributed by atoms with van der Waals surface area (Å²) in [7, 11) is 1.58. The molecule has 1 fully saturated rings. The van der Waals surface area contributed by atoms with Crippen LogP contribution in [0.2, 0.25) is 0 Å². The summed E-state index contributed by atoms with van der Waals surface area (Å²) in [6, 6.07) is 13.3. The maximum Gasteiger partial charge on any atom is 0.323 e. The first-order valence-electron chi connectivity index (χ1n) is 9.06. The van der Waals surface area contributed by atoms with Crippen molar-refractivity contribution >= 4 is 17.4 Å². The van der Waals surface area contributed by atoms with E-state index in [1.165, 1.54) is 5.56 Å². The number of methoxy groups -OCH3 is 1. The largest absolute Gasteiger partial charge is 0.495 e. The van der Waals surface area contributed by atoms with E-state index in [-0.39, 0.29) is 12.1 Å². The van der Waals surface area contributed by atoms with Gasteiger partial charge in [0.05, 0.1) is 18.9 Å². The van der Waals surface area contributed by atoms with Crippen LogP contribution in [-0.2, 0) is 0 Å². The summed E-state index contributed by atoms with van der Waals surface area (Å²) in [4.78, 5) is 12.3. The zero-order valence-electron chi connectivity index (χ0n) is 15.3. The fourth-order valence-corrected chi connectivity index (χ4v) is 3.45. The molecule has 1 aliphatic carbocycles. The van der Waals surface area contributed by atoms with E-state index in [9.17, 15) is 9.90 Å². The highest BCUT2D eigenvalue weighted by molar-refractivity contribution is 6.00. The van der Waals surface area contributed by atoms with Gasteiger partial charge in [-0.25, -0.2) is 4.79 Å². The number of rotatable bonds is 4. The van der Waals surface area contributed by atoms with E-state index in [4.69, 9.17) is 4.74 Å². The number of urea groups is 1. The molecular weight excluding hydrogens is 328 g/mol. The molecule has 0 spiro atoms. The molecule has 138 valence electrons. The minimum Gasteiger partial charge on any atom is -0.495 e. The van der Waals surface area contributed by atoms with Crippen LogP contribution in [-0.4, -0.2) is 24.4 Å². The van der Waals surface area contributed by atoms with Crippen molar-refractivity contribution in [3.63, 3.8) is 0 Å². The Labute approximate surface area is 154 Å². The molecule has 2 aromatic rings. The van der Waals surface area contributed by atoms with E-state index in [2.05, 4.69) is 22.8 Å². The van der Waals surface area contributed by atoms with E-state index in [0.717, 1.165) is 36.9 Å². The van der Waals surface area contributed by atoms with Gasteiger partial charge in [0.15, 0.2) is 0 Å². The number of anilines is 2. The van der Waals surface area contributed by atoms with Crippen LogP contribution in [0, 0.1) is 6.92 Å². The van der Waals surface area contributed by atoms with Crippen LogP contribution in [0.5, 0.6) is 5.75 Å². The molecule has 3 rings (SSSR count). The first-order chi connectivity index (χ1) is 12.5. The predicted octanol–water partition coefficient (Wildman–Crippen LogP) is 4.67. The van der Waals surface area contributed by atoms with Crippen LogP contribution >= 0.6 is 0 Å². The molecule has 0 aliphatic heterocycles. The third-order valence-corrected chi connectivity index (χ3v) is 4.94. The van der Waals surface area contributed by atoms with Gasteiger partial charge >= 0.3 is 6.03 Å². The number of hydrogen-bond acceptors (Lipinski definition) is 3. The maximum absolute atomic E-state index is 12.3. The molecule has 5 nitrogen and oxygen atoms in total. The summed E-state index contributed by atoms with van der Waals surface area (Å²) in [6.07, 6.45) is 3.62. The summed E-state index contributed by atoms with van der Waals surface area (Å²) >= 11 is 0. The highest BCUT2D eigenvalue weighted by Gasteiger charge is 2.20. The number of aliphatic hydroxyl groups excluding tert-OH is 1. The Morgan fingerprint density at radius 2 is 1.73 bits per heavy atom. The second-order valence-electron chi connectivity index (χ2n) is 6.91. The van der Waals surface area contributed by atoms with Gasteiger partial charge in [-0.3, -0.25) is 0 Å². The number of aryl methyl sites for hydroxylation is 1. The smallest absolute Gasteiger partial charge is 0.323 e. The SMILES string of the molecule is COc1ccc(C)cc1NC(=O)Nc1ccc(C2CCC(O)CC2)cc1. The van der Waals surface area contributed by atoms with Gasteiger partial charge in [-0.2, -0.15) is 0 Å². The highest BCUT2D eigenvalue weighted by Crippen LogP contribution is 2.33. The van der Waals surface area contributed by atoms with Crippen LogP contribution in [0.3, 0.4) is 0 Å². The number of ether oxygens (including phenoxy) is 1. The topological polar surface area (TPSA) is 70.6 Å². The standard InChI is InChI=1S/C21H26N2O3/c1-14-3-12-20(26-2)19(13-14)23-21(25)22-17-8-4-15(5-9-17)16-6-10-18(24)11-7-16/h3-5,8-9,12-13,16,18,24H,6-7,10-11H2,1-2H3,(H2,22,23,25). The minimum absolute atomic E-state index is 0.144. The van der Waals surface area contributed by atoms with Gasteiger partial charge in [0.25, 0.3) is 0 Å². The Bertz CT molecular complexity index is 750. The fourth-order valence-electron chi connectivity index (χ4n) is 3.45. The van der Waals surface area contributed by atoms with Crippen LogP contribution < -0.4 is 15.4 Å². The number of nitrogens with one attached hydrogen (secondary N) is 2. The number of carbonyl (C=O) groups excluding carboxylic acids is 1. The van der Waals surface area contributed by atoms with Gasteiger partial charge in [0, 0.05) is 5.69 Å². The van der Waals surface area contributed by atoms with E-state index in [0.29, 0.717) is 17.4 Å². The molecule has 0 atom stereocenters. The number of amides is 2. The first kappa shape index (κ1) is 18.3. The number of hydrogen-bond donors (Lipinski definition) is 3. The molecular formula is C21H26N2O3. The molecule has 2 amide bonds. The summed E-state index contributed by atoms with van der Waals surface area (Å²) in [5, 5.41) is 15.3. The van der Waals surface area contributed by atoms with Gasteiger partial charge in [-0.1, -0.05) is 18.2 Å². The van der Waals surface area contributed by atoms with E-state index in [1.807, 2.05) is 37.3 Å². The molecule has 5 heteroatoms. The van der Waals surface area contributed by atoms with Crippen LogP contribution in [0.4, 0.5) is 16.2 Å². The molecule has 0 radical (unpaired) electrons. The van der Waals surface area contributed by atoms with Gasteiger partial charge in [-0.15, -0.1) is 0 Å². The fraction of sp³-hybridized carbons (Fsp3) is 0.381. The van der Waals surface area contributed by atoms with Crippen molar-refractivity contribution in [2.45, 2.75) is 44.6 Å². The molecule has 2 aromatic carbocycles. The maximum atomic E-state index is 12.3. The quantitative estimate of drug-likeness (QED) is 0.747. The monoisotopic (exact) mass is 354 g/mol. The Hall–Kier alpha value is -2.53. The van der Waals surface area contributed by atoms with E-state index >= 15 is 0 Å². The third-order valence-electron chi connectivity index (χ3n) is 4.94. The minimum atomic E-state index is -0.303. The zero-order chi connectivity index (χ0) is 18.5. The summed E-state index contributed by atoms with van der Waals surface area (Å²) in [6.45, 7) is 1.96. The number of aliphatic hydroxyl groups is 1. The van der Waals surface area contributed by atoms with Crippen molar-refractivity contribution < 1.29 is 14.6 Å². The van der Waals surface area contributed by atoms with Crippen molar-refractivity contribution in [2.75, 3.05) is 17.7 Å². The molecule has 3 N–H and O–H groups in total. The van der Waals surface area contributed by atoms with E-state index in [1.54, 1.807) is 7.11 Å². The normalized spacial score (nSPS) is 19.7. The average molecular weight is 354 g/mol. The van der Waals surface area contributed by atoms with Crippen LogP contribution in [0.15, 0.2) is 42.5 Å². The lowest BCUT2D eigenvalue weighted by Gasteiger charge is -2.25. The Balaban J connectivity index is 1.60. The second-order valence-corrected chi connectivity index (χ2v) is 6.91. The van der Waals surface area contributed by atoms with Crippen molar-refractivity contribution in [3.8, 4) is 5.75 Å². The van der Waals surface area contributed by atoms with Crippen LogP contribution in [0.25, 0.3) is 0 Å². The first-order valence-corrected chi connectivity index (χ1v) is 9.06. The van der Waals surface area contributed by atoms with Gasteiger partial charge in [0.2, 0.25) is 0 Å². The summed E-state index contributed by atoms with van der Waals surface area (Å²) in [5.74, 6) is 1.12. The number of carbonyl (C=O) groups is 1. The highest BCUT2D eigenvalue weighted by atomic mass is 16.5. The molecule has 0 unspecified atom stereocenters.